The molecule has 0 saturated carbocycles. The highest BCUT2D eigenvalue weighted by Gasteiger charge is 2.16. The molecule has 0 spiro atoms. The van der Waals surface area contributed by atoms with Crippen LogP contribution in [0, 0.1) is 0 Å². The predicted molar refractivity (Wildman–Crippen MR) is 162 cm³/mol. The Balaban J connectivity index is 1.21. The molecule has 1 unspecified atom stereocenters. The van der Waals surface area contributed by atoms with Crippen LogP contribution in [0.4, 0.5) is 11.4 Å². The molecular weight excluding hydrogens is 546 g/mol. The number of hydrogen-bond donors (Lipinski definition) is 3. The first-order valence-corrected chi connectivity index (χ1v) is 13.4. The van der Waals surface area contributed by atoms with E-state index in [1.54, 1.807) is 79.7 Å². The van der Waals surface area contributed by atoms with Crippen LogP contribution in [0.1, 0.15) is 22.8 Å². The molecule has 0 saturated heterocycles. The quantitative estimate of drug-likeness (QED) is 0.188. The first-order valence-electron chi connectivity index (χ1n) is 12.6. The summed E-state index contributed by atoms with van der Waals surface area (Å²) in [5.74, 6) is 0.455. The molecule has 0 aliphatic rings. The Morgan fingerprint density at radius 2 is 1.45 bits per heavy atom. The first kappa shape index (κ1) is 28.6. The summed E-state index contributed by atoms with van der Waals surface area (Å²) in [4.78, 5) is 25.1. The maximum absolute atomic E-state index is 12.6. The zero-order valence-electron chi connectivity index (χ0n) is 21.7. The maximum Gasteiger partial charge on any atom is 0.265 e. The van der Waals surface area contributed by atoms with Crippen LogP contribution < -0.4 is 25.4 Å². The number of carbonyl (C=O) groups is 2. The topological polar surface area (TPSA) is 88.7 Å². The number of thiocarbonyl (C=S) groups is 1. The summed E-state index contributed by atoms with van der Waals surface area (Å²) in [6.45, 7) is 2.18. The zero-order valence-corrected chi connectivity index (χ0v) is 23.3. The van der Waals surface area contributed by atoms with E-state index >= 15 is 0 Å². The number of benzene rings is 4. The van der Waals surface area contributed by atoms with Crippen molar-refractivity contribution in [1.29, 1.82) is 0 Å². The zero-order chi connectivity index (χ0) is 28.3. The van der Waals surface area contributed by atoms with Crippen molar-refractivity contribution >= 4 is 52.1 Å². The van der Waals surface area contributed by atoms with Gasteiger partial charge in [-0.2, -0.15) is 0 Å². The summed E-state index contributed by atoms with van der Waals surface area (Å²) >= 11 is 11.4. The van der Waals surface area contributed by atoms with Crippen molar-refractivity contribution in [2.75, 3.05) is 17.2 Å². The van der Waals surface area contributed by atoms with Crippen molar-refractivity contribution in [2.24, 2.45) is 0 Å². The van der Waals surface area contributed by atoms with Gasteiger partial charge in [-0.3, -0.25) is 14.9 Å². The molecule has 0 radical (unpaired) electrons. The Hall–Kier alpha value is -4.40. The molecule has 40 heavy (non-hydrogen) atoms. The summed E-state index contributed by atoms with van der Waals surface area (Å²) in [6, 6.07) is 30.8. The molecule has 3 N–H and O–H groups in total. The molecule has 0 bridgehead atoms. The highest BCUT2D eigenvalue weighted by Crippen LogP contribution is 2.24. The lowest BCUT2D eigenvalue weighted by Gasteiger charge is -2.16. The average molecular weight is 574 g/mol. The fraction of sp³-hybridized carbons (Fsp3) is 0.129. The van der Waals surface area contributed by atoms with Gasteiger partial charge in [-0.1, -0.05) is 54.1 Å². The van der Waals surface area contributed by atoms with Gasteiger partial charge in [-0.05, 0) is 85.4 Å². The lowest BCUT2D eigenvalue weighted by atomic mass is 10.2. The van der Waals surface area contributed by atoms with Crippen LogP contribution in [0.3, 0.4) is 0 Å². The lowest BCUT2D eigenvalue weighted by molar-refractivity contribution is -0.122. The second-order valence-corrected chi connectivity index (χ2v) is 9.59. The third-order valence-corrected chi connectivity index (χ3v) is 6.28. The summed E-state index contributed by atoms with van der Waals surface area (Å²) in [7, 11) is 0. The largest absolute Gasteiger partial charge is 0.493 e. The van der Waals surface area contributed by atoms with Crippen molar-refractivity contribution in [3.8, 4) is 11.5 Å². The summed E-state index contributed by atoms with van der Waals surface area (Å²) in [6.07, 6.45) is 0.0448. The molecule has 204 valence electrons. The summed E-state index contributed by atoms with van der Waals surface area (Å²) < 4.78 is 11.4. The van der Waals surface area contributed by atoms with E-state index in [0.717, 1.165) is 6.42 Å². The first-order chi connectivity index (χ1) is 19.4. The van der Waals surface area contributed by atoms with Gasteiger partial charge in [0.15, 0.2) is 11.2 Å². The second-order valence-electron chi connectivity index (χ2n) is 8.77. The number of ether oxygens (including phenoxy) is 2. The Labute approximate surface area is 243 Å². The third kappa shape index (κ3) is 8.56. The van der Waals surface area contributed by atoms with Crippen LogP contribution in [-0.4, -0.2) is 29.6 Å². The lowest BCUT2D eigenvalue weighted by Crippen LogP contribution is -2.34. The van der Waals surface area contributed by atoms with Crippen LogP contribution in [0.2, 0.25) is 5.02 Å². The molecular formula is C31H28ClN3O4S. The van der Waals surface area contributed by atoms with E-state index in [4.69, 9.17) is 33.3 Å². The van der Waals surface area contributed by atoms with E-state index in [0.29, 0.717) is 40.1 Å². The van der Waals surface area contributed by atoms with Gasteiger partial charge in [0.25, 0.3) is 11.8 Å². The van der Waals surface area contributed by atoms with Crippen molar-refractivity contribution in [3.63, 3.8) is 0 Å². The molecule has 0 aliphatic heterocycles. The number of hydrogen-bond acceptors (Lipinski definition) is 5. The number of carbonyl (C=O) groups excluding carboxylic acids is 2. The van der Waals surface area contributed by atoms with Gasteiger partial charge in [-0.15, -0.1) is 0 Å². The molecule has 0 aromatic heterocycles. The molecule has 1 atom stereocenters. The van der Waals surface area contributed by atoms with E-state index in [1.807, 2.05) is 18.2 Å². The monoisotopic (exact) mass is 573 g/mol. The van der Waals surface area contributed by atoms with E-state index in [9.17, 15) is 9.59 Å². The van der Waals surface area contributed by atoms with Crippen molar-refractivity contribution < 1.29 is 19.1 Å². The Bertz CT molecular complexity index is 1450. The number of para-hydroxylation sites is 1. The van der Waals surface area contributed by atoms with E-state index in [1.165, 1.54) is 5.56 Å². The van der Waals surface area contributed by atoms with Crippen molar-refractivity contribution in [2.45, 2.75) is 19.4 Å². The van der Waals surface area contributed by atoms with E-state index in [2.05, 4.69) is 28.1 Å². The Kier molecular flexibility index (Phi) is 10.1. The van der Waals surface area contributed by atoms with Gasteiger partial charge >= 0.3 is 0 Å². The Morgan fingerprint density at radius 1 is 0.825 bits per heavy atom. The standard InChI is InChI=1S/C31H28ClN3O4S/c1-21(39-28-10-6-5-9-27(28)32)29(36)33-24-13-15-25(16-14-24)34-31(40)35-30(37)23-11-17-26(18-12-23)38-20-19-22-7-3-2-4-8-22/h2-18,21H,19-20H2,1H3,(H,33,36)(H2,34,35,37,40). The molecule has 0 heterocycles. The van der Waals surface area contributed by atoms with Crippen LogP contribution in [0.5, 0.6) is 11.5 Å². The molecule has 0 aliphatic carbocycles. The predicted octanol–water partition coefficient (Wildman–Crippen LogP) is 6.49. The van der Waals surface area contributed by atoms with Crippen LogP contribution in [0.15, 0.2) is 103 Å². The van der Waals surface area contributed by atoms with Crippen LogP contribution >= 0.6 is 23.8 Å². The van der Waals surface area contributed by atoms with Gasteiger partial charge in [0.2, 0.25) is 0 Å². The molecule has 4 rings (SSSR count). The fourth-order valence-corrected chi connectivity index (χ4v) is 4.03. The molecule has 0 fully saturated rings. The number of anilines is 2. The van der Waals surface area contributed by atoms with Gasteiger partial charge in [0.05, 0.1) is 11.6 Å². The third-order valence-electron chi connectivity index (χ3n) is 5.77. The SMILES string of the molecule is CC(Oc1ccccc1Cl)C(=O)Nc1ccc(NC(=S)NC(=O)c2ccc(OCCc3ccccc3)cc2)cc1. The van der Waals surface area contributed by atoms with E-state index < -0.39 is 6.10 Å². The number of rotatable bonds is 10. The van der Waals surface area contributed by atoms with Crippen LogP contribution in [0.25, 0.3) is 0 Å². The minimum atomic E-state index is -0.754. The minimum absolute atomic E-state index is 0.145. The van der Waals surface area contributed by atoms with Crippen molar-refractivity contribution in [3.05, 3.63) is 119 Å². The highest BCUT2D eigenvalue weighted by molar-refractivity contribution is 7.80. The smallest absolute Gasteiger partial charge is 0.265 e. The number of nitrogens with one attached hydrogen (secondary N) is 3. The van der Waals surface area contributed by atoms with E-state index in [-0.39, 0.29) is 16.9 Å². The van der Waals surface area contributed by atoms with Gasteiger partial charge < -0.3 is 20.1 Å². The Morgan fingerprint density at radius 3 is 2.12 bits per heavy atom. The summed E-state index contributed by atoms with van der Waals surface area (Å²) in [5, 5.41) is 8.99. The number of amides is 2. The molecule has 4 aromatic rings. The van der Waals surface area contributed by atoms with Gasteiger partial charge in [0, 0.05) is 23.4 Å². The minimum Gasteiger partial charge on any atom is -0.493 e. The normalized spacial score (nSPS) is 11.2. The number of halogens is 1. The molecule has 4 aromatic carbocycles. The van der Waals surface area contributed by atoms with Crippen LogP contribution in [-0.2, 0) is 11.2 Å². The second kappa shape index (κ2) is 14.1. The molecule has 7 nitrogen and oxygen atoms in total. The average Bonchev–Trinajstić information content (AvgIpc) is 2.96. The fourth-order valence-electron chi connectivity index (χ4n) is 3.64. The van der Waals surface area contributed by atoms with Gasteiger partial charge in [-0.25, -0.2) is 0 Å². The summed E-state index contributed by atoms with van der Waals surface area (Å²) in [5.41, 5.74) is 2.87. The maximum atomic E-state index is 12.6. The van der Waals surface area contributed by atoms with Crippen molar-refractivity contribution in [1.82, 2.24) is 5.32 Å². The molecule has 2 amide bonds. The van der Waals surface area contributed by atoms with Gasteiger partial charge in [0.1, 0.15) is 11.5 Å². The highest BCUT2D eigenvalue weighted by atomic mass is 35.5. The molecule has 9 heteroatoms.